The molecule has 0 fully saturated rings. The molecule has 0 aliphatic carbocycles. The van der Waals surface area contributed by atoms with Gasteiger partial charge in [-0.25, -0.2) is 4.39 Å². The molecule has 2 aromatic rings. The zero-order valence-corrected chi connectivity index (χ0v) is 11.9. The number of benzene rings is 1. The van der Waals surface area contributed by atoms with E-state index in [1.165, 1.54) is 12.3 Å². The van der Waals surface area contributed by atoms with Crippen molar-refractivity contribution in [1.29, 1.82) is 0 Å². The Hall–Kier alpha value is -1.54. The number of nitrogens with one attached hydrogen (secondary N) is 1. The van der Waals surface area contributed by atoms with Crippen molar-refractivity contribution >= 4 is 11.5 Å². The van der Waals surface area contributed by atoms with E-state index in [2.05, 4.69) is 14.9 Å². The smallest absolute Gasteiger partial charge is 0.305 e. The molecule has 0 amide bonds. The van der Waals surface area contributed by atoms with Gasteiger partial charge in [-0.1, -0.05) is 17.5 Å². The van der Waals surface area contributed by atoms with Gasteiger partial charge in [-0.3, -0.25) is 0 Å². The van der Waals surface area contributed by atoms with E-state index >= 15 is 0 Å². The normalized spacial score (nSPS) is 13.4. The minimum atomic E-state index is -4.72. The Kier molecular flexibility index (Phi) is 4.89. The molecule has 1 N–H and O–H groups in total. The summed E-state index contributed by atoms with van der Waals surface area (Å²) in [6.45, 7) is 2.56. The van der Waals surface area contributed by atoms with Crippen LogP contribution in [0.1, 0.15) is 35.4 Å². The lowest BCUT2D eigenvalue weighted by molar-refractivity contribution is -0.140. The van der Waals surface area contributed by atoms with Gasteiger partial charge in [0.15, 0.2) is 0 Å². The summed E-state index contributed by atoms with van der Waals surface area (Å²) >= 11 is 1.10. The van der Waals surface area contributed by atoms with Gasteiger partial charge in [-0.2, -0.15) is 13.2 Å². The van der Waals surface area contributed by atoms with Crippen LogP contribution in [0.15, 0.2) is 24.4 Å². The predicted molar refractivity (Wildman–Crippen MR) is 71.4 cm³/mol. The van der Waals surface area contributed by atoms with Crippen LogP contribution in [0.25, 0.3) is 0 Å². The summed E-state index contributed by atoms with van der Waals surface area (Å²) in [5.41, 5.74) is -0.927. The molecule has 0 aliphatic heterocycles. The van der Waals surface area contributed by atoms with Crippen molar-refractivity contribution in [2.45, 2.75) is 25.6 Å². The van der Waals surface area contributed by atoms with Gasteiger partial charge in [0.2, 0.25) is 0 Å². The Bertz CT molecular complexity index is 584. The van der Waals surface area contributed by atoms with Crippen molar-refractivity contribution in [3.8, 4) is 0 Å². The van der Waals surface area contributed by atoms with E-state index in [1.807, 2.05) is 6.92 Å². The zero-order valence-electron chi connectivity index (χ0n) is 11.1. The second-order valence-electron chi connectivity index (χ2n) is 4.44. The first-order valence-corrected chi connectivity index (χ1v) is 7.08. The van der Waals surface area contributed by atoms with Gasteiger partial charge in [0.1, 0.15) is 5.82 Å². The fourth-order valence-corrected chi connectivity index (χ4v) is 2.52. The van der Waals surface area contributed by atoms with Crippen molar-refractivity contribution in [1.82, 2.24) is 14.9 Å². The fourth-order valence-electron chi connectivity index (χ4n) is 1.91. The summed E-state index contributed by atoms with van der Waals surface area (Å²) in [5.74, 6) is -1.28. The molecule has 114 valence electrons. The number of rotatable bonds is 5. The Labute approximate surface area is 123 Å². The molecule has 0 radical (unpaired) electrons. The van der Waals surface area contributed by atoms with E-state index < -0.39 is 23.6 Å². The van der Waals surface area contributed by atoms with Crippen LogP contribution in [-0.2, 0) is 6.18 Å². The molecule has 1 atom stereocenters. The highest BCUT2D eigenvalue weighted by Gasteiger charge is 2.35. The first-order chi connectivity index (χ1) is 9.93. The van der Waals surface area contributed by atoms with E-state index in [9.17, 15) is 17.6 Å². The average Bonchev–Trinajstić information content (AvgIpc) is 2.93. The minimum absolute atomic E-state index is 0.336. The predicted octanol–water partition coefficient (Wildman–Crippen LogP) is 3.79. The third-order valence-electron chi connectivity index (χ3n) is 2.89. The second-order valence-corrected chi connectivity index (χ2v) is 5.26. The van der Waals surface area contributed by atoms with Crippen LogP contribution in [0.5, 0.6) is 0 Å². The lowest BCUT2D eigenvalue weighted by Gasteiger charge is -2.18. The highest BCUT2D eigenvalue weighted by atomic mass is 32.1. The van der Waals surface area contributed by atoms with Crippen molar-refractivity contribution in [3.63, 3.8) is 0 Å². The molecular weight excluding hydrogens is 306 g/mol. The van der Waals surface area contributed by atoms with E-state index in [1.54, 1.807) is 0 Å². The number of hydrogen-bond acceptors (Lipinski definition) is 4. The molecule has 0 spiro atoms. The quantitative estimate of drug-likeness (QED) is 0.852. The van der Waals surface area contributed by atoms with E-state index in [4.69, 9.17) is 0 Å². The number of hydrogen-bond donors (Lipinski definition) is 1. The molecule has 0 bridgehead atoms. The number of halogens is 4. The van der Waals surface area contributed by atoms with Crippen LogP contribution >= 0.6 is 11.5 Å². The van der Waals surface area contributed by atoms with E-state index in [0.29, 0.717) is 17.0 Å². The summed E-state index contributed by atoms with van der Waals surface area (Å²) in [6, 6.07) is 2.54. The monoisotopic (exact) mass is 319 g/mol. The fraction of sp³-hybridized carbons (Fsp3) is 0.385. The van der Waals surface area contributed by atoms with Crippen molar-refractivity contribution in [3.05, 3.63) is 46.2 Å². The number of alkyl halides is 3. The number of nitrogens with zero attached hydrogens (tertiary/aromatic N) is 2. The van der Waals surface area contributed by atoms with E-state index in [-0.39, 0.29) is 0 Å². The van der Waals surface area contributed by atoms with Gasteiger partial charge in [0.05, 0.1) is 22.7 Å². The standard InChI is InChI=1S/C13H13F4N3S/c1-2-5-18-12(11-7-19-20-21-11)8-3-4-10(14)9(6-8)13(15,16)17/h3-4,6-7,12,18H,2,5H2,1H3. The van der Waals surface area contributed by atoms with E-state index in [0.717, 1.165) is 30.1 Å². The van der Waals surface area contributed by atoms with Crippen molar-refractivity contribution in [2.24, 2.45) is 0 Å². The molecule has 0 aliphatic rings. The lowest BCUT2D eigenvalue weighted by atomic mass is 10.0. The molecule has 0 saturated carbocycles. The van der Waals surface area contributed by atoms with Crippen LogP contribution in [0, 0.1) is 5.82 Å². The Morgan fingerprint density at radius 2 is 2.10 bits per heavy atom. The molecule has 1 aromatic carbocycles. The molecule has 1 unspecified atom stereocenters. The molecule has 21 heavy (non-hydrogen) atoms. The third kappa shape index (κ3) is 3.76. The van der Waals surface area contributed by atoms with Crippen LogP contribution in [0.2, 0.25) is 0 Å². The van der Waals surface area contributed by atoms with Gasteiger partial charge < -0.3 is 5.32 Å². The van der Waals surface area contributed by atoms with Gasteiger partial charge in [0.25, 0.3) is 0 Å². The molecule has 0 saturated heterocycles. The SMILES string of the molecule is CCCNC(c1ccc(F)c(C(F)(F)F)c1)c1cnns1. The summed E-state index contributed by atoms with van der Waals surface area (Å²) in [4.78, 5) is 0.684. The molecule has 1 aromatic heterocycles. The Morgan fingerprint density at radius 3 is 2.67 bits per heavy atom. The summed E-state index contributed by atoms with van der Waals surface area (Å²) < 4.78 is 55.5. The number of aromatic nitrogens is 2. The van der Waals surface area contributed by atoms with Crippen LogP contribution in [0.4, 0.5) is 17.6 Å². The summed E-state index contributed by atoms with van der Waals surface area (Å²) in [7, 11) is 0. The summed E-state index contributed by atoms with van der Waals surface area (Å²) in [5, 5.41) is 6.82. The maximum absolute atomic E-state index is 13.4. The largest absolute Gasteiger partial charge is 0.419 e. The minimum Gasteiger partial charge on any atom is -0.305 e. The Balaban J connectivity index is 2.41. The zero-order chi connectivity index (χ0) is 15.5. The van der Waals surface area contributed by atoms with Crippen LogP contribution in [-0.4, -0.2) is 16.1 Å². The van der Waals surface area contributed by atoms with Gasteiger partial charge in [0, 0.05) is 0 Å². The van der Waals surface area contributed by atoms with Crippen molar-refractivity contribution in [2.75, 3.05) is 6.54 Å². The maximum Gasteiger partial charge on any atom is 0.419 e. The first-order valence-electron chi connectivity index (χ1n) is 6.30. The molecule has 3 nitrogen and oxygen atoms in total. The van der Waals surface area contributed by atoms with Gasteiger partial charge in [-0.15, -0.1) is 5.10 Å². The highest BCUT2D eigenvalue weighted by molar-refractivity contribution is 7.05. The van der Waals surface area contributed by atoms with Gasteiger partial charge in [-0.05, 0) is 42.2 Å². The van der Waals surface area contributed by atoms with Crippen LogP contribution in [0.3, 0.4) is 0 Å². The molecule has 2 rings (SSSR count). The molecule has 8 heteroatoms. The third-order valence-corrected chi connectivity index (χ3v) is 3.62. The average molecular weight is 319 g/mol. The van der Waals surface area contributed by atoms with Gasteiger partial charge >= 0.3 is 6.18 Å². The molecular formula is C13H13F4N3S. The van der Waals surface area contributed by atoms with Crippen LogP contribution < -0.4 is 5.32 Å². The maximum atomic E-state index is 13.4. The first kappa shape index (κ1) is 15.8. The lowest BCUT2D eigenvalue weighted by Crippen LogP contribution is -2.23. The van der Waals surface area contributed by atoms with Crippen molar-refractivity contribution < 1.29 is 17.6 Å². The highest BCUT2D eigenvalue weighted by Crippen LogP contribution is 2.34. The Morgan fingerprint density at radius 1 is 1.33 bits per heavy atom. The second kappa shape index (κ2) is 6.48. The molecule has 1 heterocycles. The topological polar surface area (TPSA) is 37.8 Å². The summed E-state index contributed by atoms with van der Waals surface area (Å²) in [6.07, 6.45) is -2.41.